The molecule has 0 spiro atoms. The molecule has 4 nitrogen and oxygen atoms in total. The van der Waals surface area contributed by atoms with E-state index in [4.69, 9.17) is 9.97 Å². The van der Waals surface area contributed by atoms with E-state index in [-0.39, 0.29) is 13.4 Å². The Morgan fingerprint density at radius 1 is 0.404 bits per heavy atom. The van der Waals surface area contributed by atoms with Crippen LogP contribution in [0.15, 0.2) is 165 Å². The summed E-state index contributed by atoms with van der Waals surface area (Å²) >= 11 is 3.84. The maximum atomic E-state index is 5.28. The van der Waals surface area contributed by atoms with E-state index >= 15 is 0 Å². The first-order valence-corrected chi connectivity index (χ1v) is 19.4. The van der Waals surface area contributed by atoms with E-state index in [1.165, 1.54) is 74.8 Å². The predicted molar refractivity (Wildman–Crippen MR) is 217 cm³/mol. The molecule has 0 fully saturated rings. The van der Waals surface area contributed by atoms with E-state index in [9.17, 15) is 0 Å². The molecule has 0 saturated carbocycles. The van der Waals surface area contributed by atoms with Gasteiger partial charge in [-0.15, -0.1) is 0 Å². The van der Waals surface area contributed by atoms with Gasteiger partial charge in [0.15, 0.2) is 0 Å². The highest BCUT2D eigenvalue weighted by molar-refractivity contribution is 8.01. The SMILES string of the molecule is c1ccc(-c2nc3cccc4c3n2-c2cccc3c2B4c2cc4c(cc2S3)Sc2cccc3c2B4c2cccc4nc(-c5ccccc5)n-3c24)cc1. The van der Waals surface area contributed by atoms with Gasteiger partial charge in [-0.1, -0.05) is 138 Å². The number of fused-ring (bicyclic) bond motifs is 8. The summed E-state index contributed by atoms with van der Waals surface area (Å²) in [6, 6.07) is 53.4. The second-order valence-corrected chi connectivity index (χ2v) is 16.2. The number of para-hydroxylation sites is 2. The molecule has 4 aliphatic heterocycles. The van der Waals surface area contributed by atoms with E-state index < -0.39 is 0 Å². The zero-order valence-electron chi connectivity index (χ0n) is 27.6. The average Bonchev–Trinajstić information content (AvgIpc) is 3.79. The van der Waals surface area contributed by atoms with Crippen LogP contribution in [-0.2, 0) is 0 Å². The summed E-state index contributed by atoms with van der Waals surface area (Å²) in [6.45, 7) is 0.223. The molecule has 0 N–H and O–H groups in total. The second-order valence-electron chi connectivity index (χ2n) is 14.1. The number of aromatic nitrogens is 4. The Labute approximate surface area is 308 Å². The van der Waals surface area contributed by atoms with Crippen molar-refractivity contribution in [3.8, 4) is 34.2 Å². The van der Waals surface area contributed by atoms with Crippen molar-refractivity contribution in [3.05, 3.63) is 146 Å². The Morgan fingerprint density at radius 2 is 0.865 bits per heavy atom. The minimum Gasteiger partial charge on any atom is -0.293 e. The minimum absolute atomic E-state index is 0.112. The predicted octanol–water partition coefficient (Wildman–Crippen LogP) is 6.29. The fourth-order valence-corrected chi connectivity index (χ4v) is 11.9. The summed E-state index contributed by atoms with van der Waals surface area (Å²) in [5.74, 6) is 2.00. The molecule has 2 aromatic heterocycles. The van der Waals surface area contributed by atoms with Crippen LogP contribution in [0.4, 0.5) is 0 Å². The number of imidazole rings is 2. The average molecular weight is 694 g/mol. The lowest BCUT2D eigenvalue weighted by atomic mass is 9.32. The van der Waals surface area contributed by atoms with Crippen LogP contribution in [-0.4, -0.2) is 32.5 Å². The molecule has 52 heavy (non-hydrogen) atoms. The monoisotopic (exact) mass is 694 g/mol. The van der Waals surface area contributed by atoms with Crippen molar-refractivity contribution in [2.75, 3.05) is 0 Å². The molecule has 0 aliphatic carbocycles. The van der Waals surface area contributed by atoms with Gasteiger partial charge in [-0.05, 0) is 64.3 Å². The molecule has 0 amide bonds. The van der Waals surface area contributed by atoms with E-state index in [0.29, 0.717) is 0 Å². The number of rotatable bonds is 2. The molecule has 0 bridgehead atoms. The summed E-state index contributed by atoms with van der Waals surface area (Å²) in [6.07, 6.45) is 0. The maximum absolute atomic E-state index is 5.28. The van der Waals surface area contributed by atoms with Gasteiger partial charge in [0.05, 0.1) is 22.1 Å². The molecule has 0 saturated heterocycles. The van der Waals surface area contributed by atoms with Crippen molar-refractivity contribution in [3.63, 3.8) is 0 Å². The van der Waals surface area contributed by atoms with Gasteiger partial charge in [-0.25, -0.2) is 9.97 Å². The van der Waals surface area contributed by atoms with Gasteiger partial charge in [0.1, 0.15) is 11.6 Å². The van der Waals surface area contributed by atoms with Gasteiger partial charge in [-0.3, -0.25) is 9.13 Å². The topological polar surface area (TPSA) is 35.6 Å². The molecular formula is C44H24B2N4S2. The zero-order valence-corrected chi connectivity index (χ0v) is 29.2. The standard InChI is InChI=1S/C44H24B2N4S2/c1-3-11-25(12-4-1)43-47-31-17-7-15-27-41(31)49(43)33-19-9-21-35-39(33)45(27)29-23-30-38(24-37(29)51-35)52-36-22-10-20-34-40(36)46(30)28-16-8-18-32-42(28)50(34)44(48-32)26-13-5-2-6-14-26/h1-24H. The smallest absolute Gasteiger partial charge is 0.249 e. The Balaban J connectivity index is 1.07. The van der Waals surface area contributed by atoms with Gasteiger partial charge in [0.2, 0.25) is 13.4 Å². The van der Waals surface area contributed by atoms with Crippen LogP contribution in [0.1, 0.15) is 0 Å². The van der Waals surface area contributed by atoms with Crippen molar-refractivity contribution in [1.82, 2.24) is 19.1 Å². The van der Waals surface area contributed by atoms with Gasteiger partial charge in [0.25, 0.3) is 0 Å². The van der Waals surface area contributed by atoms with Crippen molar-refractivity contribution in [1.29, 1.82) is 0 Å². The molecule has 6 heterocycles. The van der Waals surface area contributed by atoms with E-state index in [1.807, 2.05) is 23.5 Å². The van der Waals surface area contributed by atoms with Gasteiger partial charge >= 0.3 is 0 Å². The Hall–Kier alpha value is -5.69. The van der Waals surface area contributed by atoms with Crippen LogP contribution >= 0.6 is 23.5 Å². The molecular weight excluding hydrogens is 670 g/mol. The highest BCUT2D eigenvalue weighted by Gasteiger charge is 2.44. The van der Waals surface area contributed by atoms with Crippen molar-refractivity contribution < 1.29 is 0 Å². The lowest BCUT2D eigenvalue weighted by molar-refractivity contribution is 1.10. The molecule has 9 aromatic rings. The Morgan fingerprint density at radius 3 is 1.35 bits per heavy atom. The van der Waals surface area contributed by atoms with Crippen molar-refractivity contribution >= 4 is 91.8 Å². The molecule has 7 aromatic carbocycles. The first-order valence-electron chi connectivity index (χ1n) is 17.7. The third-order valence-electron chi connectivity index (χ3n) is 11.5. The Bertz CT molecular complexity index is 2840. The third-order valence-corrected chi connectivity index (χ3v) is 13.7. The van der Waals surface area contributed by atoms with E-state index in [1.54, 1.807) is 0 Å². The summed E-state index contributed by atoms with van der Waals surface area (Å²) in [5.41, 5.74) is 17.5. The maximum Gasteiger partial charge on any atom is 0.249 e. The third kappa shape index (κ3) is 3.49. The van der Waals surface area contributed by atoms with Gasteiger partial charge in [-0.2, -0.15) is 0 Å². The van der Waals surface area contributed by atoms with Crippen molar-refractivity contribution in [2.45, 2.75) is 19.6 Å². The lowest BCUT2D eigenvalue weighted by Crippen LogP contribution is -2.62. The van der Waals surface area contributed by atoms with Crippen LogP contribution < -0.4 is 32.8 Å². The molecule has 13 rings (SSSR count). The quantitative estimate of drug-likeness (QED) is 0.200. The van der Waals surface area contributed by atoms with E-state index in [2.05, 4.69) is 155 Å². The minimum atomic E-state index is 0.112. The summed E-state index contributed by atoms with van der Waals surface area (Å²) in [7, 11) is 0. The zero-order chi connectivity index (χ0) is 33.7. The van der Waals surface area contributed by atoms with Crippen LogP contribution in [0, 0.1) is 0 Å². The molecule has 4 aliphatic rings. The summed E-state index contributed by atoms with van der Waals surface area (Å²) in [5, 5.41) is 0. The summed E-state index contributed by atoms with van der Waals surface area (Å²) < 4.78 is 4.84. The number of benzene rings is 7. The van der Waals surface area contributed by atoms with Crippen molar-refractivity contribution in [2.24, 2.45) is 0 Å². The van der Waals surface area contributed by atoms with Crippen LogP contribution in [0.5, 0.6) is 0 Å². The largest absolute Gasteiger partial charge is 0.293 e. The van der Waals surface area contributed by atoms with Crippen LogP contribution in [0.3, 0.4) is 0 Å². The molecule has 0 atom stereocenters. The Kier molecular flexibility index (Phi) is 5.38. The number of hydrogen-bond donors (Lipinski definition) is 0. The highest BCUT2D eigenvalue weighted by Crippen LogP contribution is 2.41. The van der Waals surface area contributed by atoms with Crippen LogP contribution in [0.25, 0.3) is 56.2 Å². The second kappa shape index (κ2) is 10.0. The molecule has 0 unspecified atom stereocenters. The molecule has 8 heteroatoms. The number of nitrogens with zero attached hydrogens (tertiary/aromatic N) is 4. The normalized spacial score (nSPS) is 13.9. The highest BCUT2D eigenvalue weighted by atomic mass is 32.2. The first kappa shape index (κ1) is 28.0. The number of hydrogen-bond acceptors (Lipinski definition) is 4. The lowest BCUT2D eigenvalue weighted by Gasteiger charge is -2.36. The van der Waals surface area contributed by atoms with E-state index in [0.717, 1.165) is 33.8 Å². The summed E-state index contributed by atoms with van der Waals surface area (Å²) in [4.78, 5) is 15.9. The van der Waals surface area contributed by atoms with Gasteiger partial charge < -0.3 is 0 Å². The van der Waals surface area contributed by atoms with Crippen LogP contribution in [0.2, 0.25) is 0 Å². The fourth-order valence-electron chi connectivity index (χ4n) is 9.43. The fraction of sp³-hybridized carbons (Fsp3) is 0. The molecule has 0 radical (unpaired) electrons. The first-order chi connectivity index (χ1) is 25.8. The van der Waals surface area contributed by atoms with Gasteiger partial charge in [0, 0.05) is 42.1 Å². The molecule has 238 valence electrons.